The Morgan fingerprint density at radius 3 is 2.50 bits per heavy atom. The summed E-state index contributed by atoms with van der Waals surface area (Å²) < 4.78 is 5.15. The van der Waals surface area contributed by atoms with E-state index in [2.05, 4.69) is 31.2 Å². The summed E-state index contributed by atoms with van der Waals surface area (Å²) in [6.07, 6.45) is 2.39. The number of benzene rings is 1. The minimum absolute atomic E-state index is 0.0122. The predicted molar refractivity (Wildman–Crippen MR) is 93.5 cm³/mol. The Labute approximate surface area is 144 Å². The second-order valence-electron chi connectivity index (χ2n) is 6.29. The number of hydrogen-bond acceptors (Lipinski definition) is 3. The Bertz CT molecular complexity index is 556. The van der Waals surface area contributed by atoms with Gasteiger partial charge in [-0.1, -0.05) is 31.2 Å². The molecule has 132 valence electrons. The molecular formula is C19H28N2O3. The zero-order chi connectivity index (χ0) is 17.5. The number of likely N-dealkylation sites (tertiary alicyclic amines) is 1. The maximum atomic E-state index is 12.9. The monoisotopic (exact) mass is 332 g/mol. The van der Waals surface area contributed by atoms with Crippen LogP contribution in [0.1, 0.15) is 37.8 Å². The van der Waals surface area contributed by atoms with Crippen LogP contribution >= 0.6 is 0 Å². The predicted octanol–water partition coefficient (Wildman–Crippen LogP) is 2.23. The van der Waals surface area contributed by atoms with Gasteiger partial charge >= 0.3 is 0 Å². The third-order valence-corrected chi connectivity index (χ3v) is 4.62. The van der Waals surface area contributed by atoms with E-state index in [0.29, 0.717) is 32.7 Å². The molecule has 0 aliphatic carbocycles. The Balaban J connectivity index is 2.07. The minimum Gasteiger partial charge on any atom is -0.383 e. The third-order valence-electron chi connectivity index (χ3n) is 4.62. The molecule has 1 aliphatic heterocycles. The fourth-order valence-electron chi connectivity index (χ4n) is 3.05. The largest absolute Gasteiger partial charge is 0.383 e. The van der Waals surface area contributed by atoms with E-state index in [4.69, 9.17) is 4.74 Å². The van der Waals surface area contributed by atoms with E-state index >= 15 is 0 Å². The summed E-state index contributed by atoms with van der Waals surface area (Å²) in [5.41, 5.74) is 2.38. The average molecular weight is 332 g/mol. The molecule has 0 bridgehead atoms. The molecular weight excluding hydrogens is 304 g/mol. The molecule has 1 aliphatic rings. The second kappa shape index (κ2) is 8.83. The number of carbonyl (C=O) groups is 2. The summed E-state index contributed by atoms with van der Waals surface area (Å²) in [5, 5.41) is 0. The molecule has 5 heteroatoms. The SMILES string of the molecule is CCc1ccc(CN(CCOC)C(=O)[C@H](C)N2CCCC2=O)cc1. The highest BCUT2D eigenvalue weighted by atomic mass is 16.5. The van der Waals surface area contributed by atoms with Crippen molar-refractivity contribution < 1.29 is 14.3 Å². The highest BCUT2D eigenvalue weighted by molar-refractivity contribution is 5.88. The van der Waals surface area contributed by atoms with Gasteiger partial charge < -0.3 is 14.5 Å². The van der Waals surface area contributed by atoms with Crippen molar-refractivity contribution in [3.63, 3.8) is 0 Å². The molecule has 1 aromatic carbocycles. The van der Waals surface area contributed by atoms with Crippen LogP contribution in [0.2, 0.25) is 0 Å². The van der Waals surface area contributed by atoms with Crippen LogP contribution in [-0.2, 0) is 27.3 Å². The van der Waals surface area contributed by atoms with Crippen molar-refractivity contribution in [1.82, 2.24) is 9.80 Å². The highest BCUT2D eigenvalue weighted by Crippen LogP contribution is 2.16. The first-order valence-electron chi connectivity index (χ1n) is 8.71. The molecule has 2 amide bonds. The molecule has 1 aromatic rings. The van der Waals surface area contributed by atoms with Gasteiger partial charge in [-0.25, -0.2) is 0 Å². The first-order valence-corrected chi connectivity index (χ1v) is 8.71. The zero-order valence-electron chi connectivity index (χ0n) is 15.0. The molecule has 0 N–H and O–H groups in total. The standard InChI is InChI=1S/C19H28N2O3/c1-4-16-7-9-17(10-8-16)14-20(12-13-24-3)19(23)15(2)21-11-5-6-18(21)22/h7-10,15H,4-6,11-14H2,1-3H3/t15-/m0/s1. The molecule has 1 atom stereocenters. The fraction of sp³-hybridized carbons (Fsp3) is 0.579. The summed E-state index contributed by atoms with van der Waals surface area (Å²) in [6, 6.07) is 7.92. The van der Waals surface area contributed by atoms with Crippen molar-refractivity contribution in [2.75, 3.05) is 26.8 Å². The highest BCUT2D eigenvalue weighted by Gasteiger charge is 2.31. The van der Waals surface area contributed by atoms with Crippen LogP contribution in [0.3, 0.4) is 0 Å². The van der Waals surface area contributed by atoms with E-state index < -0.39 is 6.04 Å². The van der Waals surface area contributed by atoms with Gasteiger partial charge in [-0.3, -0.25) is 9.59 Å². The van der Waals surface area contributed by atoms with Crippen molar-refractivity contribution in [2.24, 2.45) is 0 Å². The van der Waals surface area contributed by atoms with Crippen LogP contribution in [0.5, 0.6) is 0 Å². The van der Waals surface area contributed by atoms with Gasteiger partial charge in [0.1, 0.15) is 6.04 Å². The molecule has 24 heavy (non-hydrogen) atoms. The molecule has 0 radical (unpaired) electrons. The molecule has 0 saturated carbocycles. The summed E-state index contributed by atoms with van der Waals surface area (Å²) >= 11 is 0. The lowest BCUT2D eigenvalue weighted by atomic mass is 10.1. The summed E-state index contributed by atoms with van der Waals surface area (Å²) in [7, 11) is 1.63. The van der Waals surface area contributed by atoms with E-state index in [1.165, 1.54) is 5.56 Å². The van der Waals surface area contributed by atoms with Gasteiger partial charge in [0.2, 0.25) is 11.8 Å². The topological polar surface area (TPSA) is 49.9 Å². The average Bonchev–Trinajstić information content (AvgIpc) is 3.03. The zero-order valence-corrected chi connectivity index (χ0v) is 15.0. The minimum atomic E-state index is -0.410. The number of nitrogens with zero attached hydrogens (tertiary/aromatic N) is 2. The number of hydrogen-bond donors (Lipinski definition) is 0. The molecule has 5 nitrogen and oxygen atoms in total. The first kappa shape index (κ1) is 18.5. The van der Waals surface area contributed by atoms with Crippen molar-refractivity contribution in [3.05, 3.63) is 35.4 Å². The second-order valence-corrected chi connectivity index (χ2v) is 6.29. The number of amides is 2. The van der Waals surface area contributed by atoms with Gasteiger partial charge in [0.25, 0.3) is 0 Å². The molecule has 2 rings (SSSR count). The Hall–Kier alpha value is -1.88. The van der Waals surface area contributed by atoms with Crippen LogP contribution < -0.4 is 0 Å². The quantitative estimate of drug-likeness (QED) is 0.733. The lowest BCUT2D eigenvalue weighted by Gasteiger charge is -2.30. The number of carbonyl (C=O) groups excluding carboxylic acids is 2. The van der Waals surface area contributed by atoms with Gasteiger partial charge in [0, 0.05) is 33.2 Å². The maximum Gasteiger partial charge on any atom is 0.245 e. The van der Waals surface area contributed by atoms with E-state index in [0.717, 1.165) is 18.4 Å². The van der Waals surface area contributed by atoms with E-state index in [9.17, 15) is 9.59 Å². The van der Waals surface area contributed by atoms with Gasteiger partial charge in [-0.15, -0.1) is 0 Å². The van der Waals surface area contributed by atoms with Crippen molar-refractivity contribution >= 4 is 11.8 Å². The van der Waals surface area contributed by atoms with Crippen molar-refractivity contribution in [3.8, 4) is 0 Å². The van der Waals surface area contributed by atoms with Gasteiger partial charge in [0.15, 0.2) is 0 Å². The summed E-state index contributed by atoms with van der Waals surface area (Å²) in [4.78, 5) is 28.3. The molecule has 0 spiro atoms. The third kappa shape index (κ3) is 4.57. The lowest BCUT2D eigenvalue weighted by Crippen LogP contribution is -2.48. The van der Waals surface area contributed by atoms with Gasteiger partial charge in [-0.2, -0.15) is 0 Å². The van der Waals surface area contributed by atoms with Gasteiger partial charge in [0.05, 0.1) is 6.61 Å². The molecule has 1 fully saturated rings. The van der Waals surface area contributed by atoms with Crippen LogP contribution in [0.4, 0.5) is 0 Å². The normalized spacial score (nSPS) is 15.6. The van der Waals surface area contributed by atoms with E-state index in [-0.39, 0.29) is 11.8 Å². The van der Waals surface area contributed by atoms with E-state index in [1.807, 2.05) is 6.92 Å². The molecule has 0 unspecified atom stereocenters. The number of rotatable bonds is 8. The van der Waals surface area contributed by atoms with Crippen LogP contribution in [0, 0.1) is 0 Å². The first-order chi connectivity index (χ1) is 11.6. The fourth-order valence-corrected chi connectivity index (χ4v) is 3.05. The Morgan fingerprint density at radius 1 is 1.29 bits per heavy atom. The maximum absolute atomic E-state index is 12.9. The number of methoxy groups -OCH3 is 1. The van der Waals surface area contributed by atoms with Crippen molar-refractivity contribution in [2.45, 2.75) is 45.7 Å². The van der Waals surface area contributed by atoms with Crippen LogP contribution in [-0.4, -0.2) is 54.5 Å². The Morgan fingerprint density at radius 2 is 1.96 bits per heavy atom. The number of ether oxygens (including phenoxy) is 1. The molecule has 1 heterocycles. The van der Waals surface area contributed by atoms with Crippen LogP contribution in [0.25, 0.3) is 0 Å². The molecule has 0 aromatic heterocycles. The molecule has 1 saturated heterocycles. The van der Waals surface area contributed by atoms with E-state index in [1.54, 1.807) is 16.9 Å². The Kier molecular flexibility index (Phi) is 6.79. The van der Waals surface area contributed by atoms with Crippen molar-refractivity contribution in [1.29, 1.82) is 0 Å². The lowest BCUT2D eigenvalue weighted by molar-refractivity contribution is -0.143. The number of aryl methyl sites for hydroxylation is 1. The summed E-state index contributed by atoms with van der Waals surface area (Å²) in [6.45, 7) is 6.17. The van der Waals surface area contributed by atoms with Crippen LogP contribution in [0.15, 0.2) is 24.3 Å². The summed E-state index contributed by atoms with van der Waals surface area (Å²) in [5.74, 6) is 0.0664. The van der Waals surface area contributed by atoms with Gasteiger partial charge in [-0.05, 0) is 30.9 Å². The smallest absolute Gasteiger partial charge is 0.245 e.